The summed E-state index contributed by atoms with van der Waals surface area (Å²) in [4.78, 5) is 10.8. The number of aliphatic carboxylic acids is 1. The summed E-state index contributed by atoms with van der Waals surface area (Å²) in [7, 11) is 0. The first-order chi connectivity index (χ1) is 7.75. The van der Waals surface area contributed by atoms with Crippen LogP contribution in [0.2, 0.25) is 0 Å². The molecule has 0 radical (unpaired) electrons. The molecule has 2 aliphatic rings. The summed E-state index contributed by atoms with van der Waals surface area (Å²) in [6, 6.07) is 0. The maximum Gasteiger partial charge on any atom is 0.306 e. The predicted octanol–water partition coefficient (Wildman–Crippen LogP) is 1.83. The van der Waals surface area contributed by atoms with Crippen LogP contribution in [-0.2, 0) is 14.3 Å². The molecule has 2 fully saturated rings. The van der Waals surface area contributed by atoms with Crippen molar-refractivity contribution in [3.8, 4) is 0 Å². The summed E-state index contributed by atoms with van der Waals surface area (Å²) in [5.74, 6) is -0.805. The third-order valence-electron chi connectivity index (χ3n) is 3.57. The summed E-state index contributed by atoms with van der Waals surface area (Å²) >= 11 is 0. The molecule has 4 heteroatoms. The summed E-state index contributed by atoms with van der Waals surface area (Å²) in [6.07, 6.45) is 6.03. The molecule has 1 saturated heterocycles. The van der Waals surface area contributed by atoms with E-state index in [2.05, 4.69) is 0 Å². The van der Waals surface area contributed by atoms with Crippen LogP contribution in [0.4, 0.5) is 0 Å². The second kappa shape index (κ2) is 5.64. The van der Waals surface area contributed by atoms with E-state index < -0.39 is 5.97 Å². The first-order valence-corrected chi connectivity index (χ1v) is 6.21. The fourth-order valence-electron chi connectivity index (χ4n) is 2.50. The molecule has 1 unspecified atom stereocenters. The Morgan fingerprint density at radius 1 is 1.25 bits per heavy atom. The van der Waals surface area contributed by atoms with Crippen molar-refractivity contribution in [2.45, 2.75) is 50.7 Å². The largest absolute Gasteiger partial charge is 0.481 e. The van der Waals surface area contributed by atoms with Gasteiger partial charge in [-0.05, 0) is 38.5 Å². The molecular weight excluding hydrogens is 208 g/mol. The van der Waals surface area contributed by atoms with Gasteiger partial charge in [0.25, 0.3) is 0 Å². The van der Waals surface area contributed by atoms with Crippen LogP contribution in [-0.4, -0.2) is 36.5 Å². The van der Waals surface area contributed by atoms with Gasteiger partial charge < -0.3 is 14.6 Å². The van der Waals surface area contributed by atoms with Crippen LogP contribution in [0.15, 0.2) is 0 Å². The maximum atomic E-state index is 10.8. The van der Waals surface area contributed by atoms with Gasteiger partial charge >= 0.3 is 5.97 Å². The molecule has 1 N–H and O–H groups in total. The van der Waals surface area contributed by atoms with E-state index >= 15 is 0 Å². The Morgan fingerprint density at radius 2 is 2.00 bits per heavy atom. The van der Waals surface area contributed by atoms with Gasteiger partial charge in [0.1, 0.15) is 0 Å². The number of carboxylic acids is 1. The first kappa shape index (κ1) is 11.9. The number of carboxylic acid groups (broad SMARTS) is 1. The standard InChI is InChI=1S/C12H20O4/c13-12(14)9-3-5-10(6-4-9)16-8-11-2-1-7-15-11/h9-11H,1-8H2,(H,13,14). The summed E-state index contributed by atoms with van der Waals surface area (Å²) < 4.78 is 11.3. The fourth-order valence-corrected chi connectivity index (χ4v) is 2.50. The van der Waals surface area contributed by atoms with E-state index in [0.717, 1.165) is 45.1 Å². The fraction of sp³-hybridized carbons (Fsp3) is 0.917. The number of hydrogen-bond donors (Lipinski definition) is 1. The quantitative estimate of drug-likeness (QED) is 0.797. The maximum absolute atomic E-state index is 10.8. The Labute approximate surface area is 95.9 Å². The van der Waals surface area contributed by atoms with Crippen LogP contribution < -0.4 is 0 Å². The number of rotatable bonds is 4. The number of carbonyl (C=O) groups is 1. The monoisotopic (exact) mass is 228 g/mol. The van der Waals surface area contributed by atoms with Gasteiger partial charge in [-0.25, -0.2) is 0 Å². The molecule has 4 nitrogen and oxygen atoms in total. The highest BCUT2D eigenvalue weighted by atomic mass is 16.5. The first-order valence-electron chi connectivity index (χ1n) is 6.21. The van der Waals surface area contributed by atoms with E-state index in [-0.39, 0.29) is 18.1 Å². The van der Waals surface area contributed by atoms with Gasteiger partial charge in [-0.2, -0.15) is 0 Å². The Kier molecular flexibility index (Phi) is 4.18. The molecule has 0 amide bonds. The highest BCUT2D eigenvalue weighted by molar-refractivity contribution is 5.70. The summed E-state index contributed by atoms with van der Waals surface area (Å²) in [5.41, 5.74) is 0. The highest BCUT2D eigenvalue weighted by Gasteiger charge is 2.27. The Balaban J connectivity index is 1.63. The van der Waals surface area contributed by atoms with Gasteiger partial charge in [0.05, 0.1) is 24.7 Å². The van der Waals surface area contributed by atoms with Crippen molar-refractivity contribution in [1.82, 2.24) is 0 Å². The molecule has 16 heavy (non-hydrogen) atoms. The topological polar surface area (TPSA) is 55.8 Å². The normalized spacial score (nSPS) is 35.1. The number of ether oxygens (including phenoxy) is 2. The lowest BCUT2D eigenvalue weighted by Gasteiger charge is -2.27. The molecule has 1 heterocycles. The SMILES string of the molecule is O=C(O)C1CCC(OCC2CCCO2)CC1. The smallest absolute Gasteiger partial charge is 0.306 e. The molecule has 0 spiro atoms. The summed E-state index contributed by atoms with van der Waals surface area (Å²) in [5, 5.41) is 8.87. The van der Waals surface area contributed by atoms with Crippen molar-refractivity contribution in [3.63, 3.8) is 0 Å². The highest BCUT2D eigenvalue weighted by Crippen LogP contribution is 2.27. The Hall–Kier alpha value is -0.610. The van der Waals surface area contributed by atoms with Crippen molar-refractivity contribution in [2.24, 2.45) is 5.92 Å². The third kappa shape index (κ3) is 3.19. The van der Waals surface area contributed by atoms with Gasteiger partial charge in [0.2, 0.25) is 0 Å². The number of hydrogen-bond acceptors (Lipinski definition) is 3. The van der Waals surface area contributed by atoms with Crippen molar-refractivity contribution in [1.29, 1.82) is 0 Å². The second-order valence-electron chi connectivity index (χ2n) is 4.78. The molecule has 0 aromatic carbocycles. The van der Waals surface area contributed by atoms with Crippen LogP contribution >= 0.6 is 0 Å². The van der Waals surface area contributed by atoms with Crippen molar-refractivity contribution < 1.29 is 19.4 Å². The van der Waals surface area contributed by atoms with Gasteiger partial charge in [-0.3, -0.25) is 4.79 Å². The van der Waals surface area contributed by atoms with E-state index in [9.17, 15) is 4.79 Å². The molecule has 0 aromatic rings. The molecule has 92 valence electrons. The second-order valence-corrected chi connectivity index (χ2v) is 4.78. The van der Waals surface area contributed by atoms with Crippen molar-refractivity contribution in [2.75, 3.05) is 13.2 Å². The van der Waals surface area contributed by atoms with E-state index in [1.54, 1.807) is 0 Å². The zero-order valence-corrected chi connectivity index (χ0v) is 9.56. The molecule has 0 bridgehead atoms. The minimum atomic E-state index is -0.655. The van der Waals surface area contributed by atoms with E-state index in [4.69, 9.17) is 14.6 Å². The van der Waals surface area contributed by atoms with E-state index in [0.29, 0.717) is 6.61 Å². The average molecular weight is 228 g/mol. The lowest BCUT2D eigenvalue weighted by Crippen LogP contribution is -2.28. The Morgan fingerprint density at radius 3 is 2.56 bits per heavy atom. The molecule has 2 rings (SSSR count). The third-order valence-corrected chi connectivity index (χ3v) is 3.57. The van der Waals surface area contributed by atoms with Crippen LogP contribution in [0, 0.1) is 5.92 Å². The molecule has 0 aromatic heterocycles. The van der Waals surface area contributed by atoms with Crippen LogP contribution in [0.1, 0.15) is 38.5 Å². The molecule has 1 atom stereocenters. The average Bonchev–Trinajstić information content (AvgIpc) is 2.80. The lowest BCUT2D eigenvalue weighted by molar-refractivity contribution is -0.144. The summed E-state index contributed by atoms with van der Waals surface area (Å²) in [6.45, 7) is 1.54. The molecule has 1 aliphatic carbocycles. The van der Waals surface area contributed by atoms with Gasteiger partial charge in [0.15, 0.2) is 0 Å². The molecule has 1 saturated carbocycles. The van der Waals surface area contributed by atoms with Crippen LogP contribution in [0.5, 0.6) is 0 Å². The van der Waals surface area contributed by atoms with Gasteiger partial charge in [0, 0.05) is 6.61 Å². The van der Waals surface area contributed by atoms with E-state index in [1.165, 1.54) is 0 Å². The molecular formula is C12H20O4. The Bertz CT molecular complexity index is 227. The zero-order valence-electron chi connectivity index (χ0n) is 9.56. The van der Waals surface area contributed by atoms with Gasteiger partial charge in [-0.1, -0.05) is 0 Å². The van der Waals surface area contributed by atoms with Crippen LogP contribution in [0.25, 0.3) is 0 Å². The van der Waals surface area contributed by atoms with Crippen LogP contribution in [0.3, 0.4) is 0 Å². The molecule has 1 aliphatic heterocycles. The minimum Gasteiger partial charge on any atom is -0.481 e. The lowest BCUT2D eigenvalue weighted by atomic mass is 9.87. The predicted molar refractivity (Wildman–Crippen MR) is 58.3 cm³/mol. The zero-order chi connectivity index (χ0) is 11.4. The van der Waals surface area contributed by atoms with Crippen molar-refractivity contribution in [3.05, 3.63) is 0 Å². The van der Waals surface area contributed by atoms with E-state index in [1.807, 2.05) is 0 Å². The van der Waals surface area contributed by atoms with Crippen molar-refractivity contribution >= 4 is 5.97 Å². The van der Waals surface area contributed by atoms with Gasteiger partial charge in [-0.15, -0.1) is 0 Å². The minimum absolute atomic E-state index is 0.150.